The Morgan fingerprint density at radius 1 is 1.19 bits per heavy atom. The van der Waals surface area contributed by atoms with Gasteiger partial charge in [0.05, 0.1) is 14.2 Å². The standard InChI is InChI=1S/C15H23NO4S/c1-19-11-8-12(15(10-16)6-4-5-7-15)14(20-2)13(9-11)21(3,17)18/h8-9H,4-7,10,16H2,1-3H3. The maximum absolute atomic E-state index is 12.1. The highest BCUT2D eigenvalue weighted by atomic mass is 32.2. The van der Waals surface area contributed by atoms with Crippen LogP contribution in [0.15, 0.2) is 17.0 Å². The molecule has 0 amide bonds. The van der Waals surface area contributed by atoms with Gasteiger partial charge >= 0.3 is 0 Å². The molecule has 1 aromatic rings. The monoisotopic (exact) mass is 313 g/mol. The largest absolute Gasteiger partial charge is 0.497 e. The van der Waals surface area contributed by atoms with Crippen LogP contribution in [0.5, 0.6) is 11.5 Å². The van der Waals surface area contributed by atoms with Crippen molar-refractivity contribution in [3.63, 3.8) is 0 Å². The maximum Gasteiger partial charge on any atom is 0.179 e. The lowest BCUT2D eigenvalue weighted by Gasteiger charge is -2.30. The normalized spacial score (nSPS) is 17.7. The van der Waals surface area contributed by atoms with E-state index in [2.05, 4.69) is 0 Å². The maximum atomic E-state index is 12.1. The summed E-state index contributed by atoms with van der Waals surface area (Å²) in [5.41, 5.74) is 6.66. The Kier molecular flexibility index (Phi) is 4.49. The van der Waals surface area contributed by atoms with Gasteiger partial charge in [-0.2, -0.15) is 0 Å². The quantitative estimate of drug-likeness (QED) is 0.898. The SMILES string of the molecule is COc1cc(C2(CN)CCCC2)c(OC)c(S(C)(=O)=O)c1. The van der Waals surface area contributed by atoms with Gasteiger partial charge in [-0.25, -0.2) is 8.42 Å². The number of sulfone groups is 1. The van der Waals surface area contributed by atoms with Crippen molar-refractivity contribution in [1.29, 1.82) is 0 Å². The highest BCUT2D eigenvalue weighted by Gasteiger charge is 2.38. The number of hydrogen-bond acceptors (Lipinski definition) is 5. The molecular weight excluding hydrogens is 290 g/mol. The third kappa shape index (κ3) is 2.87. The fourth-order valence-corrected chi connectivity index (χ4v) is 4.07. The van der Waals surface area contributed by atoms with Gasteiger partial charge in [0.25, 0.3) is 0 Å². The minimum absolute atomic E-state index is 0.166. The molecule has 2 rings (SSSR count). The second kappa shape index (κ2) is 5.85. The summed E-state index contributed by atoms with van der Waals surface area (Å²) in [5.74, 6) is 0.927. The zero-order chi connectivity index (χ0) is 15.7. The number of nitrogens with two attached hydrogens (primary N) is 1. The summed E-state index contributed by atoms with van der Waals surface area (Å²) < 4.78 is 34.9. The van der Waals surface area contributed by atoms with E-state index in [1.54, 1.807) is 0 Å². The van der Waals surface area contributed by atoms with E-state index < -0.39 is 9.84 Å². The third-order valence-corrected chi connectivity index (χ3v) is 5.49. The summed E-state index contributed by atoms with van der Waals surface area (Å²) in [4.78, 5) is 0.166. The average Bonchev–Trinajstić information content (AvgIpc) is 2.94. The van der Waals surface area contributed by atoms with Crippen molar-refractivity contribution in [2.75, 3.05) is 27.0 Å². The van der Waals surface area contributed by atoms with Crippen molar-refractivity contribution in [2.24, 2.45) is 5.73 Å². The number of benzene rings is 1. The molecule has 0 aliphatic heterocycles. The van der Waals surface area contributed by atoms with Crippen LogP contribution in [-0.4, -0.2) is 35.4 Å². The molecule has 1 aliphatic rings. The summed E-state index contributed by atoms with van der Waals surface area (Å²) in [6.45, 7) is 0.472. The van der Waals surface area contributed by atoms with Crippen molar-refractivity contribution >= 4 is 9.84 Å². The van der Waals surface area contributed by atoms with Gasteiger partial charge in [-0.1, -0.05) is 12.8 Å². The molecule has 118 valence electrons. The van der Waals surface area contributed by atoms with Gasteiger partial charge in [0.15, 0.2) is 9.84 Å². The van der Waals surface area contributed by atoms with E-state index in [0.717, 1.165) is 31.2 Å². The molecule has 1 saturated carbocycles. The van der Waals surface area contributed by atoms with Crippen molar-refractivity contribution < 1.29 is 17.9 Å². The number of ether oxygens (including phenoxy) is 2. The Bertz CT molecular complexity index is 619. The molecule has 1 aliphatic carbocycles. The predicted octanol–water partition coefficient (Wildman–Crippen LogP) is 1.88. The topological polar surface area (TPSA) is 78.6 Å². The van der Waals surface area contributed by atoms with Crippen LogP contribution in [0.2, 0.25) is 0 Å². The summed E-state index contributed by atoms with van der Waals surface area (Å²) in [6, 6.07) is 3.38. The van der Waals surface area contributed by atoms with Gasteiger partial charge < -0.3 is 15.2 Å². The van der Waals surface area contributed by atoms with Crippen LogP contribution in [-0.2, 0) is 15.3 Å². The number of methoxy groups -OCH3 is 2. The second-order valence-corrected chi connectivity index (χ2v) is 7.65. The van der Waals surface area contributed by atoms with Crippen molar-refractivity contribution in [3.05, 3.63) is 17.7 Å². The highest BCUT2D eigenvalue weighted by Crippen LogP contribution is 2.47. The fraction of sp³-hybridized carbons (Fsp3) is 0.600. The van der Waals surface area contributed by atoms with E-state index >= 15 is 0 Å². The highest BCUT2D eigenvalue weighted by molar-refractivity contribution is 7.90. The average molecular weight is 313 g/mol. The van der Waals surface area contributed by atoms with Crippen molar-refractivity contribution in [3.8, 4) is 11.5 Å². The molecule has 0 radical (unpaired) electrons. The first kappa shape index (κ1) is 16.1. The molecule has 6 heteroatoms. The van der Waals surface area contributed by atoms with Crippen molar-refractivity contribution in [2.45, 2.75) is 36.0 Å². The molecule has 0 heterocycles. The Morgan fingerprint density at radius 2 is 1.81 bits per heavy atom. The van der Waals surface area contributed by atoms with E-state index in [1.165, 1.54) is 26.5 Å². The van der Waals surface area contributed by atoms with Gasteiger partial charge in [0.1, 0.15) is 16.4 Å². The van der Waals surface area contributed by atoms with Gasteiger partial charge in [-0.05, 0) is 18.9 Å². The van der Waals surface area contributed by atoms with Crippen molar-refractivity contribution in [1.82, 2.24) is 0 Å². The van der Waals surface area contributed by atoms with Crippen LogP contribution in [0.4, 0.5) is 0 Å². The summed E-state index contributed by atoms with van der Waals surface area (Å²) in [6.07, 6.45) is 5.24. The summed E-state index contributed by atoms with van der Waals surface area (Å²) in [7, 11) is -0.383. The molecular formula is C15H23NO4S. The molecule has 0 atom stereocenters. The lowest BCUT2D eigenvalue weighted by molar-refractivity contribution is 0.360. The molecule has 2 N–H and O–H groups in total. The molecule has 0 aromatic heterocycles. The molecule has 0 saturated heterocycles. The van der Waals surface area contributed by atoms with Crippen LogP contribution >= 0.6 is 0 Å². The fourth-order valence-electron chi connectivity index (χ4n) is 3.21. The van der Waals surface area contributed by atoms with E-state index in [-0.39, 0.29) is 10.3 Å². The van der Waals surface area contributed by atoms with E-state index in [9.17, 15) is 8.42 Å². The third-order valence-electron chi connectivity index (χ3n) is 4.39. The Labute approximate surface area is 126 Å². The Hall–Kier alpha value is -1.27. The minimum Gasteiger partial charge on any atom is -0.497 e. The Morgan fingerprint density at radius 3 is 2.24 bits per heavy atom. The number of rotatable bonds is 5. The zero-order valence-corrected chi connectivity index (χ0v) is 13.6. The van der Waals surface area contributed by atoms with Crippen LogP contribution in [0.3, 0.4) is 0 Å². The minimum atomic E-state index is -3.41. The van der Waals surface area contributed by atoms with Gasteiger partial charge in [-0.3, -0.25) is 0 Å². The first-order valence-electron chi connectivity index (χ1n) is 7.04. The van der Waals surface area contributed by atoms with Crippen LogP contribution in [0.25, 0.3) is 0 Å². The summed E-state index contributed by atoms with van der Waals surface area (Å²) >= 11 is 0. The van der Waals surface area contributed by atoms with Gasteiger partial charge in [0, 0.05) is 29.8 Å². The lowest BCUT2D eigenvalue weighted by Crippen LogP contribution is -2.32. The van der Waals surface area contributed by atoms with Crippen LogP contribution in [0, 0.1) is 0 Å². The van der Waals surface area contributed by atoms with Crippen LogP contribution in [0.1, 0.15) is 31.2 Å². The van der Waals surface area contributed by atoms with E-state index in [4.69, 9.17) is 15.2 Å². The molecule has 1 aromatic carbocycles. The first-order chi connectivity index (χ1) is 9.88. The van der Waals surface area contributed by atoms with E-state index in [1.807, 2.05) is 6.07 Å². The van der Waals surface area contributed by atoms with Gasteiger partial charge in [-0.15, -0.1) is 0 Å². The lowest BCUT2D eigenvalue weighted by atomic mass is 9.78. The molecule has 1 fully saturated rings. The molecule has 0 unspecified atom stereocenters. The Balaban J connectivity index is 2.75. The molecule has 0 spiro atoms. The molecule has 21 heavy (non-hydrogen) atoms. The van der Waals surface area contributed by atoms with Gasteiger partial charge in [0.2, 0.25) is 0 Å². The molecule has 5 nitrogen and oxygen atoms in total. The molecule has 0 bridgehead atoms. The summed E-state index contributed by atoms with van der Waals surface area (Å²) in [5, 5.41) is 0. The smallest absolute Gasteiger partial charge is 0.179 e. The second-order valence-electron chi connectivity index (χ2n) is 5.67. The predicted molar refractivity (Wildman–Crippen MR) is 81.9 cm³/mol. The number of hydrogen-bond donors (Lipinski definition) is 1. The first-order valence-corrected chi connectivity index (χ1v) is 8.94. The van der Waals surface area contributed by atoms with E-state index in [0.29, 0.717) is 18.0 Å². The van der Waals surface area contributed by atoms with Crippen LogP contribution < -0.4 is 15.2 Å². The zero-order valence-electron chi connectivity index (χ0n) is 12.8.